The van der Waals surface area contributed by atoms with Crippen LogP contribution in [0.15, 0.2) is 24.3 Å². The van der Waals surface area contributed by atoms with Crippen molar-refractivity contribution in [2.24, 2.45) is 0 Å². The van der Waals surface area contributed by atoms with Gasteiger partial charge in [-0.15, -0.1) is 0 Å². The number of carbonyl (C=O) groups excluding carboxylic acids is 2. The van der Waals surface area contributed by atoms with E-state index < -0.39 is 16.1 Å². The lowest BCUT2D eigenvalue weighted by atomic mass is 10.1. The molecule has 0 aromatic heterocycles. The van der Waals surface area contributed by atoms with Crippen molar-refractivity contribution in [1.29, 1.82) is 0 Å². The minimum absolute atomic E-state index is 0.0743. The van der Waals surface area contributed by atoms with Crippen LogP contribution in [0.5, 0.6) is 0 Å². The molecule has 2 saturated heterocycles. The van der Waals surface area contributed by atoms with E-state index in [1.54, 1.807) is 17.0 Å². The van der Waals surface area contributed by atoms with Gasteiger partial charge in [0.1, 0.15) is 12.4 Å². The number of hydrogen-bond acceptors (Lipinski definition) is 4. The molecule has 2 aliphatic heterocycles. The van der Waals surface area contributed by atoms with Gasteiger partial charge in [-0.25, -0.2) is 12.8 Å². The lowest BCUT2D eigenvalue weighted by molar-refractivity contribution is -0.148. The highest BCUT2D eigenvalue weighted by atomic mass is 32.2. The fourth-order valence-corrected chi connectivity index (χ4v) is 5.23. The monoisotopic (exact) mass is 397 g/mol. The molecule has 1 aromatic carbocycles. The van der Waals surface area contributed by atoms with E-state index in [0.29, 0.717) is 19.5 Å². The van der Waals surface area contributed by atoms with Gasteiger partial charge in [-0.1, -0.05) is 12.1 Å². The molecule has 148 valence electrons. The molecule has 1 unspecified atom stereocenters. The number of amides is 2. The van der Waals surface area contributed by atoms with Gasteiger partial charge < -0.3 is 9.80 Å². The van der Waals surface area contributed by atoms with E-state index in [1.807, 2.05) is 0 Å². The van der Waals surface area contributed by atoms with Gasteiger partial charge in [0.05, 0.1) is 11.8 Å². The van der Waals surface area contributed by atoms with Crippen molar-refractivity contribution in [3.8, 4) is 0 Å². The zero-order valence-electron chi connectivity index (χ0n) is 15.3. The Morgan fingerprint density at radius 2 is 1.93 bits per heavy atom. The summed E-state index contributed by atoms with van der Waals surface area (Å²) in [5, 5.41) is 0. The summed E-state index contributed by atoms with van der Waals surface area (Å²) in [5.41, 5.74) is 0.783. The minimum Gasteiger partial charge on any atom is -0.335 e. The van der Waals surface area contributed by atoms with Crippen LogP contribution in [0.1, 0.15) is 25.3 Å². The Morgan fingerprint density at radius 1 is 1.22 bits per heavy atom. The smallest absolute Gasteiger partial charge is 0.242 e. The Morgan fingerprint density at radius 3 is 2.56 bits per heavy atom. The average molecular weight is 397 g/mol. The second kappa shape index (κ2) is 7.93. The van der Waals surface area contributed by atoms with Gasteiger partial charge >= 0.3 is 0 Å². The van der Waals surface area contributed by atoms with E-state index in [4.69, 9.17) is 0 Å². The molecule has 2 aliphatic rings. The number of carbonyl (C=O) groups is 2. The molecule has 3 rings (SSSR count). The summed E-state index contributed by atoms with van der Waals surface area (Å²) in [5.74, 6) is -0.672. The third kappa shape index (κ3) is 4.65. The highest BCUT2D eigenvalue weighted by Crippen LogP contribution is 2.20. The number of sulfonamides is 1. The summed E-state index contributed by atoms with van der Waals surface area (Å²) >= 11 is 0. The van der Waals surface area contributed by atoms with Crippen LogP contribution in [0.2, 0.25) is 0 Å². The van der Waals surface area contributed by atoms with Gasteiger partial charge in [-0.05, 0) is 30.5 Å². The molecule has 0 bridgehead atoms. The molecule has 0 radical (unpaired) electrons. The first-order chi connectivity index (χ1) is 12.8. The highest BCUT2D eigenvalue weighted by Gasteiger charge is 2.37. The van der Waals surface area contributed by atoms with Crippen molar-refractivity contribution in [1.82, 2.24) is 14.1 Å². The average Bonchev–Trinajstić information content (AvgIpc) is 2.61. The molecule has 1 aromatic rings. The van der Waals surface area contributed by atoms with E-state index in [0.717, 1.165) is 12.0 Å². The van der Waals surface area contributed by atoms with Crippen molar-refractivity contribution in [2.45, 2.75) is 32.4 Å². The second-order valence-corrected chi connectivity index (χ2v) is 9.17. The second-order valence-electron chi connectivity index (χ2n) is 7.08. The Balaban J connectivity index is 1.76. The normalized spacial score (nSPS) is 23.5. The fourth-order valence-electron chi connectivity index (χ4n) is 3.60. The van der Waals surface area contributed by atoms with E-state index in [9.17, 15) is 22.4 Å². The first-order valence-corrected chi connectivity index (χ1v) is 10.6. The molecule has 9 heteroatoms. The Kier molecular flexibility index (Phi) is 5.81. The van der Waals surface area contributed by atoms with Gasteiger partial charge in [0.25, 0.3) is 0 Å². The van der Waals surface area contributed by atoms with Gasteiger partial charge in [0, 0.05) is 33.1 Å². The van der Waals surface area contributed by atoms with Crippen LogP contribution in [-0.2, 0) is 26.2 Å². The van der Waals surface area contributed by atoms with Crippen LogP contribution in [-0.4, -0.2) is 72.3 Å². The lowest BCUT2D eigenvalue weighted by Crippen LogP contribution is -2.61. The highest BCUT2D eigenvalue weighted by molar-refractivity contribution is 7.89. The summed E-state index contributed by atoms with van der Waals surface area (Å²) in [6, 6.07) is 5.51. The molecule has 27 heavy (non-hydrogen) atoms. The van der Waals surface area contributed by atoms with Gasteiger partial charge in [0.2, 0.25) is 21.8 Å². The minimum atomic E-state index is -3.32. The first kappa shape index (κ1) is 19.8. The Labute approximate surface area is 158 Å². The summed E-state index contributed by atoms with van der Waals surface area (Å²) in [7, 11) is -3.32. The van der Waals surface area contributed by atoms with E-state index in [2.05, 4.69) is 0 Å². The third-order valence-corrected chi connectivity index (χ3v) is 7.01. The molecular weight excluding hydrogens is 373 g/mol. The third-order valence-electron chi connectivity index (χ3n) is 5.09. The molecule has 7 nitrogen and oxygen atoms in total. The zero-order valence-corrected chi connectivity index (χ0v) is 16.1. The standard InChI is InChI=1S/C18H24FN3O4S/c1-14(23)22-13-18(24)20(10-15-4-6-16(19)7-5-15)11-17(22)12-21-8-2-3-9-27(21,25)26/h4-7,17H,2-3,8-13H2,1H3. The van der Waals surface area contributed by atoms with Crippen molar-refractivity contribution < 1.29 is 22.4 Å². The van der Waals surface area contributed by atoms with Crippen LogP contribution in [0.3, 0.4) is 0 Å². The van der Waals surface area contributed by atoms with Crippen molar-refractivity contribution in [3.63, 3.8) is 0 Å². The SMILES string of the molecule is CC(=O)N1CC(=O)N(Cc2ccc(F)cc2)CC1CN1CCCCS1(=O)=O. The number of halogens is 1. The maximum atomic E-state index is 13.1. The summed E-state index contributed by atoms with van der Waals surface area (Å²) in [4.78, 5) is 27.5. The maximum Gasteiger partial charge on any atom is 0.242 e. The molecule has 2 amide bonds. The van der Waals surface area contributed by atoms with E-state index >= 15 is 0 Å². The molecule has 0 saturated carbocycles. The summed E-state index contributed by atoms with van der Waals surface area (Å²) in [6.45, 7) is 2.50. The number of hydrogen-bond donors (Lipinski definition) is 0. The predicted octanol–water partition coefficient (Wildman–Crippen LogP) is 0.811. The number of nitrogens with zero attached hydrogens (tertiary/aromatic N) is 3. The molecule has 2 heterocycles. The lowest BCUT2D eigenvalue weighted by Gasteiger charge is -2.42. The first-order valence-electron chi connectivity index (χ1n) is 9.03. The molecular formula is C18H24FN3O4S. The van der Waals surface area contributed by atoms with Crippen molar-refractivity contribution >= 4 is 21.8 Å². The fraction of sp³-hybridized carbons (Fsp3) is 0.556. The Bertz CT molecular complexity index is 812. The molecule has 1 atom stereocenters. The number of piperazine rings is 1. The molecule has 0 N–H and O–H groups in total. The molecule has 0 spiro atoms. The quantitative estimate of drug-likeness (QED) is 0.753. The van der Waals surface area contributed by atoms with Crippen LogP contribution in [0.4, 0.5) is 4.39 Å². The summed E-state index contributed by atoms with van der Waals surface area (Å²) in [6.07, 6.45) is 1.44. The van der Waals surface area contributed by atoms with Gasteiger partial charge in [-0.3, -0.25) is 9.59 Å². The van der Waals surface area contributed by atoms with E-state index in [1.165, 1.54) is 28.3 Å². The largest absolute Gasteiger partial charge is 0.335 e. The van der Waals surface area contributed by atoms with Crippen molar-refractivity contribution in [3.05, 3.63) is 35.6 Å². The maximum absolute atomic E-state index is 13.1. The predicted molar refractivity (Wildman–Crippen MR) is 97.6 cm³/mol. The summed E-state index contributed by atoms with van der Waals surface area (Å²) < 4.78 is 39.1. The number of benzene rings is 1. The van der Waals surface area contributed by atoms with Gasteiger partial charge in [-0.2, -0.15) is 4.31 Å². The van der Waals surface area contributed by atoms with Crippen LogP contribution < -0.4 is 0 Å². The van der Waals surface area contributed by atoms with E-state index in [-0.39, 0.29) is 43.0 Å². The molecule has 2 fully saturated rings. The van der Waals surface area contributed by atoms with Crippen LogP contribution >= 0.6 is 0 Å². The molecule has 0 aliphatic carbocycles. The topological polar surface area (TPSA) is 78.0 Å². The van der Waals surface area contributed by atoms with Crippen LogP contribution in [0.25, 0.3) is 0 Å². The zero-order chi connectivity index (χ0) is 19.6. The number of rotatable bonds is 4. The van der Waals surface area contributed by atoms with Crippen LogP contribution in [0, 0.1) is 5.82 Å². The Hall–Kier alpha value is -2.00. The van der Waals surface area contributed by atoms with Gasteiger partial charge in [0.15, 0.2) is 0 Å². The van der Waals surface area contributed by atoms with Crippen molar-refractivity contribution in [2.75, 3.05) is 31.9 Å².